The number of rotatable bonds is 3. The van der Waals surface area contributed by atoms with Gasteiger partial charge in [-0.05, 0) is 44.8 Å². The van der Waals surface area contributed by atoms with E-state index in [0.29, 0.717) is 13.2 Å². The highest BCUT2D eigenvalue weighted by molar-refractivity contribution is 5.71. The lowest BCUT2D eigenvalue weighted by Gasteiger charge is -2.19. The minimum absolute atomic E-state index is 0.0583. The Labute approximate surface area is 91.0 Å². The molecule has 2 aliphatic heterocycles. The topological polar surface area (TPSA) is 41.6 Å². The molecule has 0 radical (unpaired) electrons. The van der Waals surface area contributed by atoms with Gasteiger partial charge in [0.05, 0.1) is 13.2 Å². The minimum Gasteiger partial charge on any atom is -0.465 e. The lowest BCUT2D eigenvalue weighted by atomic mass is 10.0. The maximum absolute atomic E-state index is 11.2. The van der Waals surface area contributed by atoms with E-state index in [4.69, 9.17) is 4.74 Å². The summed E-state index contributed by atoms with van der Waals surface area (Å²) in [6.45, 7) is 5.44. The van der Waals surface area contributed by atoms with Gasteiger partial charge in [-0.3, -0.25) is 9.69 Å². The van der Waals surface area contributed by atoms with Crippen LogP contribution in [0.5, 0.6) is 0 Å². The number of carbonyl (C=O) groups excluding carboxylic acids is 1. The lowest BCUT2D eigenvalue weighted by Crippen LogP contribution is -2.31. The Bertz CT molecular complexity index is 215. The average molecular weight is 212 g/mol. The van der Waals surface area contributed by atoms with Crippen LogP contribution in [0.1, 0.15) is 19.3 Å². The van der Waals surface area contributed by atoms with Gasteiger partial charge in [-0.15, -0.1) is 0 Å². The second-order valence-corrected chi connectivity index (χ2v) is 4.50. The number of hydrogen-bond donors (Lipinski definition) is 1. The Hall–Kier alpha value is -0.610. The Balaban J connectivity index is 1.70. The first-order valence-corrected chi connectivity index (χ1v) is 5.93. The molecule has 4 nitrogen and oxygen atoms in total. The van der Waals surface area contributed by atoms with E-state index in [1.54, 1.807) is 0 Å². The van der Waals surface area contributed by atoms with Gasteiger partial charge in [0.1, 0.15) is 0 Å². The van der Waals surface area contributed by atoms with Gasteiger partial charge in [0.15, 0.2) is 0 Å². The zero-order valence-corrected chi connectivity index (χ0v) is 9.21. The second kappa shape index (κ2) is 5.47. The van der Waals surface area contributed by atoms with Gasteiger partial charge in [-0.2, -0.15) is 0 Å². The van der Waals surface area contributed by atoms with Crippen molar-refractivity contribution in [1.29, 1.82) is 0 Å². The standard InChI is InChI=1S/C11H20N2O2/c14-11-9-13(5-1-7-15-11)6-3-10-2-4-12-8-10/h10,12H,1-9H2. The molecule has 1 atom stereocenters. The molecule has 2 heterocycles. The van der Waals surface area contributed by atoms with Crippen molar-refractivity contribution in [1.82, 2.24) is 10.2 Å². The fourth-order valence-electron chi connectivity index (χ4n) is 2.30. The Morgan fingerprint density at radius 1 is 1.53 bits per heavy atom. The summed E-state index contributed by atoms with van der Waals surface area (Å²) < 4.78 is 5.01. The molecular weight excluding hydrogens is 192 g/mol. The maximum atomic E-state index is 11.2. The minimum atomic E-state index is -0.0583. The van der Waals surface area contributed by atoms with E-state index >= 15 is 0 Å². The highest BCUT2D eigenvalue weighted by Crippen LogP contribution is 2.13. The molecule has 2 aliphatic rings. The van der Waals surface area contributed by atoms with Gasteiger partial charge in [0, 0.05) is 6.54 Å². The third-order valence-corrected chi connectivity index (χ3v) is 3.25. The average Bonchev–Trinajstić information content (AvgIpc) is 2.65. The molecule has 15 heavy (non-hydrogen) atoms. The number of ether oxygens (including phenoxy) is 1. The van der Waals surface area contributed by atoms with Crippen LogP contribution >= 0.6 is 0 Å². The second-order valence-electron chi connectivity index (χ2n) is 4.50. The first-order valence-electron chi connectivity index (χ1n) is 5.93. The highest BCUT2D eigenvalue weighted by Gasteiger charge is 2.19. The summed E-state index contributed by atoms with van der Waals surface area (Å²) >= 11 is 0. The van der Waals surface area contributed by atoms with Gasteiger partial charge in [-0.25, -0.2) is 0 Å². The van der Waals surface area contributed by atoms with E-state index in [1.807, 2.05) is 0 Å². The maximum Gasteiger partial charge on any atom is 0.320 e. The Morgan fingerprint density at radius 3 is 3.27 bits per heavy atom. The summed E-state index contributed by atoms with van der Waals surface area (Å²) in [5, 5.41) is 3.37. The van der Waals surface area contributed by atoms with Crippen molar-refractivity contribution in [2.75, 3.05) is 39.3 Å². The number of cyclic esters (lactones) is 1. The summed E-state index contributed by atoms with van der Waals surface area (Å²) in [4.78, 5) is 13.4. The number of nitrogens with one attached hydrogen (secondary N) is 1. The lowest BCUT2D eigenvalue weighted by molar-refractivity contribution is -0.142. The van der Waals surface area contributed by atoms with E-state index in [1.165, 1.54) is 12.8 Å². The molecule has 4 heteroatoms. The van der Waals surface area contributed by atoms with Crippen LogP contribution in [0.4, 0.5) is 0 Å². The predicted octanol–water partition coefficient (Wildman–Crippen LogP) is 0.235. The van der Waals surface area contributed by atoms with E-state index in [-0.39, 0.29) is 5.97 Å². The summed E-state index contributed by atoms with van der Waals surface area (Å²) in [6, 6.07) is 0. The third kappa shape index (κ3) is 3.47. The highest BCUT2D eigenvalue weighted by atomic mass is 16.5. The first kappa shape index (κ1) is 10.9. The first-order chi connectivity index (χ1) is 7.34. The fraction of sp³-hybridized carbons (Fsp3) is 0.909. The summed E-state index contributed by atoms with van der Waals surface area (Å²) in [7, 11) is 0. The Morgan fingerprint density at radius 2 is 2.47 bits per heavy atom. The molecule has 0 spiro atoms. The van der Waals surface area contributed by atoms with Crippen LogP contribution in [0.15, 0.2) is 0 Å². The van der Waals surface area contributed by atoms with Crippen LogP contribution in [-0.2, 0) is 9.53 Å². The van der Waals surface area contributed by atoms with Crippen LogP contribution in [0.3, 0.4) is 0 Å². The van der Waals surface area contributed by atoms with Gasteiger partial charge in [0.25, 0.3) is 0 Å². The molecule has 2 rings (SSSR count). The Kier molecular flexibility index (Phi) is 3.97. The largest absolute Gasteiger partial charge is 0.465 e. The van der Waals surface area contributed by atoms with Crippen molar-refractivity contribution in [2.24, 2.45) is 5.92 Å². The van der Waals surface area contributed by atoms with E-state index < -0.39 is 0 Å². The smallest absolute Gasteiger partial charge is 0.320 e. The fourth-order valence-corrected chi connectivity index (χ4v) is 2.30. The number of esters is 1. The van der Waals surface area contributed by atoms with Crippen molar-refractivity contribution < 1.29 is 9.53 Å². The molecule has 0 aliphatic carbocycles. The molecular formula is C11H20N2O2. The molecule has 0 amide bonds. The summed E-state index contributed by atoms with van der Waals surface area (Å²) in [6.07, 6.45) is 3.48. The zero-order valence-electron chi connectivity index (χ0n) is 9.21. The SMILES string of the molecule is O=C1CN(CCC2CCNC2)CCCO1. The van der Waals surface area contributed by atoms with Gasteiger partial charge in [-0.1, -0.05) is 0 Å². The molecule has 0 aromatic heterocycles. The van der Waals surface area contributed by atoms with Gasteiger partial charge < -0.3 is 10.1 Å². The van der Waals surface area contributed by atoms with Crippen LogP contribution < -0.4 is 5.32 Å². The third-order valence-electron chi connectivity index (χ3n) is 3.25. The summed E-state index contributed by atoms with van der Waals surface area (Å²) in [5.74, 6) is 0.751. The molecule has 2 fully saturated rings. The van der Waals surface area contributed by atoms with Gasteiger partial charge in [0.2, 0.25) is 0 Å². The molecule has 86 valence electrons. The van der Waals surface area contributed by atoms with Crippen molar-refractivity contribution in [3.63, 3.8) is 0 Å². The molecule has 0 aromatic carbocycles. The number of carbonyl (C=O) groups is 1. The molecule has 0 aromatic rings. The van der Waals surface area contributed by atoms with Crippen LogP contribution in [0.25, 0.3) is 0 Å². The molecule has 0 saturated carbocycles. The molecule has 1 N–H and O–H groups in total. The van der Waals surface area contributed by atoms with Crippen molar-refractivity contribution in [2.45, 2.75) is 19.3 Å². The van der Waals surface area contributed by atoms with Crippen LogP contribution in [0, 0.1) is 5.92 Å². The molecule has 0 bridgehead atoms. The van der Waals surface area contributed by atoms with Crippen LogP contribution in [0.2, 0.25) is 0 Å². The van der Waals surface area contributed by atoms with Crippen molar-refractivity contribution >= 4 is 5.97 Å². The van der Waals surface area contributed by atoms with Gasteiger partial charge >= 0.3 is 5.97 Å². The van der Waals surface area contributed by atoms with E-state index in [2.05, 4.69) is 10.2 Å². The zero-order chi connectivity index (χ0) is 10.5. The quantitative estimate of drug-likeness (QED) is 0.680. The van der Waals surface area contributed by atoms with Crippen molar-refractivity contribution in [3.05, 3.63) is 0 Å². The van der Waals surface area contributed by atoms with Crippen LogP contribution in [-0.4, -0.2) is 50.2 Å². The monoisotopic (exact) mass is 212 g/mol. The van der Waals surface area contributed by atoms with Crippen molar-refractivity contribution in [3.8, 4) is 0 Å². The number of hydrogen-bond acceptors (Lipinski definition) is 4. The van der Waals surface area contributed by atoms with E-state index in [0.717, 1.165) is 38.5 Å². The normalized spacial score (nSPS) is 28.8. The summed E-state index contributed by atoms with van der Waals surface area (Å²) in [5.41, 5.74) is 0. The van der Waals surface area contributed by atoms with E-state index in [9.17, 15) is 4.79 Å². The predicted molar refractivity (Wildman–Crippen MR) is 57.6 cm³/mol. The molecule has 1 unspecified atom stereocenters. The number of nitrogens with zero attached hydrogens (tertiary/aromatic N) is 1. The molecule has 2 saturated heterocycles.